The lowest BCUT2D eigenvalue weighted by atomic mass is 9.95. The minimum atomic E-state index is -0.208. The van der Waals surface area contributed by atoms with Crippen molar-refractivity contribution in [1.82, 2.24) is 10.3 Å². The fraction of sp³-hybridized carbons (Fsp3) is 0.333. The molecule has 2 N–H and O–H groups in total. The monoisotopic (exact) mass is 296 g/mol. The summed E-state index contributed by atoms with van der Waals surface area (Å²) in [4.78, 5) is 16.8. The van der Waals surface area contributed by atoms with Crippen molar-refractivity contribution in [2.75, 3.05) is 0 Å². The quantitative estimate of drug-likeness (QED) is 0.911. The van der Waals surface area contributed by atoms with Gasteiger partial charge in [-0.25, -0.2) is 4.98 Å². The highest BCUT2D eigenvalue weighted by Gasteiger charge is 2.18. The first-order valence-corrected chi connectivity index (χ1v) is 7.80. The summed E-state index contributed by atoms with van der Waals surface area (Å²) in [6.07, 6.45) is 5.61. The molecule has 114 valence electrons. The summed E-state index contributed by atoms with van der Waals surface area (Å²) in [6, 6.07) is 12.8. The fourth-order valence-electron chi connectivity index (χ4n) is 2.90. The van der Waals surface area contributed by atoms with Gasteiger partial charge in [0.25, 0.3) is 5.91 Å². The number of amides is 1. The molecular formula is C18H20N2O2. The molecule has 0 bridgehead atoms. The van der Waals surface area contributed by atoms with Gasteiger partial charge in [-0.05, 0) is 12.8 Å². The van der Waals surface area contributed by atoms with E-state index in [-0.39, 0.29) is 23.4 Å². The maximum Gasteiger partial charge on any atom is 0.270 e. The lowest BCUT2D eigenvalue weighted by molar-refractivity contribution is 0.0922. The second-order valence-electron chi connectivity index (χ2n) is 5.77. The van der Waals surface area contributed by atoms with Crippen molar-refractivity contribution >= 4 is 5.91 Å². The van der Waals surface area contributed by atoms with Crippen LogP contribution in [0, 0.1) is 0 Å². The van der Waals surface area contributed by atoms with Gasteiger partial charge in [0.05, 0.1) is 5.69 Å². The third kappa shape index (κ3) is 3.45. The number of nitrogens with one attached hydrogen (secondary N) is 1. The zero-order valence-electron chi connectivity index (χ0n) is 12.5. The molecule has 1 aliphatic carbocycles. The van der Waals surface area contributed by atoms with Crippen LogP contribution in [0.3, 0.4) is 0 Å². The number of aromatic hydroxyl groups is 1. The van der Waals surface area contributed by atoms with E-state index in [9.17, 15) is 9.90 Å². The molecule has 1 aromatic carbocycles. The van der Waals surface area contributed by atoms with Crippen LogP contribution in [-0.2, 0) is 0 Å². The molecule has 0 atom stereocenters. The maximum atomic E-state index is 12.4. The number of carbonyl (C=O) groups is 1. The van der Waals surface area contributed by atoms with Crippen molar-refractivity contribution < 1.29 is 9.90 Å². The van der Waals surface area contributed by atoms with Gasteiger partial charge in [-0.15, -0.1) is 0 Å². The number of nitrogens with zero attached hydrogens (tertiary/aromatic N) is 1. The lowest BCUT2D eigenvalue weighted by Crippen LogP contribution is -2.36. The Morgan fingerprint density at radius 3 is 2.55 bits per heavy atom. The van der Waals surface area contributed by atoms with Crippen molar-refractivity contribution in [3.05, 3.63) is 48.2 Å². The van der Waals surface area contributed by atoms with Crippen LogP contribution in [0.1, 0.15) is 42.6 Å². The van der Waals surface area contributed by atoms with Gasteiger partial charge < -0.3 is 10.4 Å². The van der Waals surface area contributed by atoms with Gasteiger partial charge in [0, 0.05) is 23.7 Å². The Morgan fingerprint density at radius 1 is 1.09 bits per heavy atom. The first kappa shape index (κ1) is 14.6. The number of pyridine rings is 1. The zero-order valence-corrected chi connectivity index (χ0v) is 12.5. The van der Waals surface area contributed by atoms with Crippen molar-refractivity contribution in [3.63, 3.8) is 0 Å². The van der Waals surface area contributed by atoms with Crippen molar-refractivity contribution in [3.8, 4) is 17.0 Å². The van der Waals surface area contributed by atoms with Gasteiger partial charge in [-0.3, -0.25) is 4.79 Å². The molecule has 1 saturated carbocycles. The molecule has 4 heteroatoms. The van der Waals surface area contributed by atoms with Crippen LogP contribution in [0.5, 0.6) is 5.75 Å². The molecule has 1 aromatic heterocycles. The van der Waals surface area contributed by atoms with Crippen molar-refractivity contribution in [1.29, 1.82) is 0 Å². The van der Waals surface area contributed by atoms with Gasteiger partial charge in [-0.2, -0.15) is 0 Å². The molecule has 1 aliphatic rings. The smallest absolute Gasteiger partial charge is 0.270 e. The SMILES string of the molecule is O=C(NC1CCCCC1)c1cc(O)cc(-c2ccccc2)n1. The second kappa shape index (κ2) is 6.60. The van der Waals surface area contributed by atoms with E-state index in [1.165, 1.54) is 12.5 Å². The Kier molecular flexibility index (Phi) is 4.37. The first-order chi connectivity index (χ1) is 10.7. The summed E-state index contributed by atoms with van der Waals surface area (Å²) in [6.45, 7) is 0. The summed E-state index contributed by atoms with van der Waals surface area (Å²) < 4.78 is 0. The molecular weight excluding hydrogens is 276 g/mol. The van der Waals surface area contributed by atoms with Gasteiger partial charge >= 0.3 is 0 Å². The first-order valence-electron chi connectivity index (χ1n) is 7.80. The van der Waals surface area contributed by atoms with Crippen LogP contribution in [0.15, 0.2) is 42.5 Å². The van der Waals surface area contributed by atoms with E-state index in [1.54, 1.807) is 6.07 Å². The largest absolute Gasteiger partial charge is 0.508 e. The molecule has 2 aromatic rings. The van der Waals surface area contributed by atoms with Crippen LogP contribution >= 0.6 is 0 Å². The maximum absolute atomic E-state index is 12.4. The predicted octanol–water partition coefficient (Wildman–Crippen LogP) is 3.52. The van der Waals surface area contributed by atoms with E-state index < -0.39 is 0 Å². The van der Waals surface area contributed by atoms with Crippen LogP contribution in [-0.4, -0.2) is 22.0 Å². The third-order valence-corrected chi connectivity index (χ3v) is 4.05. The van der Waals surface area contributed by atoms with E-state index in [1.807, 2.05) is 30.3 Å². The highest BCUT2D eigenvalue weighted by atomic mass is 16.3. The van der Waals surface area contributed by atoms with E-state index in [2.05, 4.69) is 10.3 Å². The number of aromatic nitrogens is 1. The highest BCUT2D eigenvalue weighted by molar-refractivity contribution is 5.93. The Bertz CT molecular complexity index is 649. The van der Waals surface area contributed by atoms with Crippen molar-refractivity contribution in [2.45, 2.75) is 38.1 Å². The molecule has 3 rings (SSSR count). The molecule has 1 heterocycles. The molecule has 0 radical (unpaired) electrons. The van der Waals surface area contributed by atoms with Gasteiger partial charge in [-0.1, -0.05) is 49.6 Å². The van der Waals surface area contributed by atoms with Crippen LogP contribution < -0.4 is 5.32 Å². The van der Waals surface area contributed by atoms with Crippen molar-refractivity contribution in [2.24, 2.45) is 0 Å². The summed E-state index contributed by atoms with van der Waals surface area (Å²) >= 11 is 0. The fourth-order valence-corrected chi connectivity index (χ4v) is 2.90. The molecule has 22 heavy (non-hydrogen) atoms. The summed E-state index contributed by atoms with van der Waals surface area (Å²) in [5.74, 6) is -0.150. The van der Waals surface area contributed by atoms with E-state index in [0.717, 1.165) is 31.2 Å². The van der Waals surface area contributed by atoms with Crippen LogP contribution in [0.25, 0.3) is 11.3 Å². The van der Waals surface area contributed by atoms with Gasteiger partial charge in [0.2, 0.25) is 0 Å². The van der Waals surface area contributed by atoms with E-state index >= 15 is 0 Å². The van der Waals surface area contributed by atoms with Gasteiger partial charge in [0.1, 0.15) is 11.4 Å². The van der Waals surface area contributed by atoms with Gasteiger partial charge in [0.15, 0.2) is 0 Å². The molecule has 4 nitrogen and oxygen atoms in total. The Morgan fingerprint density at radius 2 is 1.82 bits per heavy atom. The predicted molar refractivity (Wildman–Crippen MR) is 85.7 cm³/mol. The van der Waals surface area contributed by atoms with E-state index in [4.69, 9.17) is 0 Å². The Hall–Kier alpha value is -2.36. The highest BCUT2D eigenvalue weighted by Crippen LogP contribution is 2.23. The lowest BCUT2D eigenvalue weighted by Gasteiger charge is -2.22. The average Bonchev–Trinajstić information content (AvgIpc) is 2.56. The summed E-state index contributed by atoms with van der Waals surface area (Å²) in [5, 5.41) is 12.9. The molecule has 0 saturated heterocycles. The zero-order chi connectivity index (χ0) is 15.4. The molecule has 1 amide bonds. The number of carbonyl (C=O) groups excluding carboxylic acids is 1. The Labute approximate surface area is 130 Å². The topological polar surface area (TPSA) is 62.2 Å². The minimum absolute atomic E-state index is 0.0580. The average molecular weight is 296 g/mol. The van der Waals surface area contributed by atoms with Crippen LogP contribution in [0.4, 0.5) is 0 Å². The number of benzene rings is 1. The number of rotatable bonds is 3. The number of hydrogen-bond acceptors (Lipinski definition) is 3. The second-order valence-corrected chi connectivity index (χ2v) is 5.77. The molecule has 1 fully saturated rings. The minimum Gasteiger partial charge on any atom is -0.508 e. The standard InChI is InChI=1S/C18H20N2O2/c21-15-11-16(13-7-3-1-4-8-13)20-17(12-15)18(22)19-14-9-5-2-6-10-14/h1,3-4,7-8,11-12,14H,2,5-6,9-10H2,(H,19,22)(H,20,21). The molecule has 0 aliphatic heterocycles. The summed E-state index contributed by atoms with van der Waals surface area (Å²) in [7, 11) is 0. The Balaban J connectivity index is 1.81. The van der Waals surface area contributed by atoms with Crippen LogP contribution in [0.2, 0.25) is 0 Å². The van der Waals surface area contributed by atoms with E-state index in [0.29, 0.717) is 5.69 Å². The molecule has 0 unspecified atom stereocenters. The third-order valence-electron chi connectivity index (χ3n) is 4.05. The number of hydrogen-bond donors (Lipinski definition) is 2. The molecule has 0 spiro atoms. The normalized spacial score (nSPS) is 15.5. The summed E-state index contributed by atoms with van der Waals surface area (Å²) in [5.41, 5.74) is 1.75.